The van der Waals surface area contributed by atoms with Gasteiger partial charge >= 0.3 is 0 Å². The van der Waals surface area contributed by atoms with E-state index in [0.29, 0.717) is 6.42 Å². The van der Waals surface area contributed by atoms with Gasteiger partial charge < -0.3 is 10.9 Å². The predicted molar refractivity (Wildman–Crippen MR) is 76.9 cm³/mol. The zero-order valence-corrected chi connectivity index (χ0v) is 11.3. The maximum atomic E-state index is 13.1. The molecule has 0 spiro atoms. The first-order valence-electron chi connectivity index (χ1n) is 6.71. The molecule has 1 aromatic heterocycles. The fraction of sp³-hybridized carbons (Fsp3) is 0.267. The van der Waals surface area contributed by atoms with Crippen molar-refractivity contribution < 1.29 is 9.60 Å². The SMILES string of the molecule is Nc1ncc2c(n1)CC(c1ccc(F)cc1)CC2C=NO. The minimum atomic E-state index is -0.255. The minimum Gasteiger partial charge on any atom is -0.411 e. The quantitative estimate of drug-likeness (QED) is 0.504. The number of nitrogens with two attached hydrogens (primary N) is 1. The Hall–Kier alpha value is -2.50. The highest BCUT2D eigenvalue weighted by atomic mass is 19.1. The summed E-state index contributed by atoms with van der Waals surface area (Å²) in [5.41, 5.74) is 8.47. The summed E-state index contributed by atoms with van der Waals surface area (Å²) in [6.45, 7) is 0. The molecule has 3 rings (SSSR count). The Morgan fingerprint density at radius 3 is 2.81 bits per heavy atom. The summed E-state index contributed by atoms with van der Waals surface area (Å²) in [6.07, 6.45) is 4.64. The number of benzene rings is 1. The number of rotatable bonds is 2. The van der Waals surface area contributed by atoms with Gasteiger partial charge in [-0.3, -0.25) is 0 Å². The van der Waals surface area contributed by atoms with Crippen LogP contribution in [0, 0.1) is 5.82 Å². The van der Waals surface area contributed by atoms with E-state index in [0.717, 1.165) is 23.2 Å². The number of nitrogen functional groups attached to an aromatic ring is 1. The van der Waals surface area contributed by atoms with Crippen LogP contribution in [0.25, 0.3) is 0 Å². The smallest absolute Gasteiger partial charge is 0.220 e. The van der Waals surface area contributed by atoms with Crippen molar-refractivity contribution in [1.29, 1.82) is 0 Å². The van der Waals surface area contributed by atoms with Crippen LogP contribution in [0.3, 0.4) is 0 Å². The van der Waals surface area contributed by atoms with Gasteiger partial charge in [0.15, 0.2) is 0 Å². The molecule has 1 aliphatic rings. The number of oxime groups is 1. The molecule has 2 unspecified atom stereocenters. The van der Waals surface area contributed by atoms with Gasteiger partial charge in [0.1, 0.15) is 5.82 Å². The van der Waals surface area contributed by atoms with E-state index in [2.05, 4.69) is 15.1 Å². The summed E-state index contributed by atoms with van der Waals surface area (Å²) in [5.74, 6) is 0.0768. The molecule has 0 saturated heterocycles. The van der Waals surface area contributed by atoms with Gasteiger partial charge in [-0.15, -0.1) is 5.16 Å². The number of aromatic nitrogens is 2. The number of nitrogens with zero attached hydrogens (tertiary/aromatic N) is 3. The Labute approximate surface area is 121 Å². The molecule has 1 heterocycles. The molecular weight excluding hydrogens is 271 g/mol. The zero-order valence-electron chi connectivity index (χ0n) is 11.3. The van der Waals surface area contributed by atoms with Gasteiger partial charge in [-0.1, -0.05) is 12.1 Å². The Kier molecular flexibility index (Phi) is 3.51. The summed E-state index contributed by atoms with van der Waals surface area (Å²) < 4.78 is 13.1. The molecule has 0 radical (unpaired) electrons. The van der Waals surface area contributed by atoms with E-state index in [1.54, 1.807) is 18.3 Å². The summed E-state index contributed by atoms with van der Waals surface area (Å²) in [4.78, 5) is 8.30. The zero-order chi connectivity index (χ0) is 14.8. The number of fused-ring (bicyclic) bond motifs is 1. The van der Waals surface area contributed by atoms with E-state index < -0.39 is 0 Å². The highest BCUT2D eigenvalue weighted by Crippen LogP contribution is 2.38. The van der Waals surface area contributed by atoms with Crippen molar-refractivity contribution in [2.45, 2.75) is 24.7 Å². The summed E-state index contributed by atoms with van der Waals surface area (Å²) in [7, 11) is 0. The van der Waals surface area contributed by atoms with Crippen LogP contribution in [0.4, 0.5) is 10.3 Å². The van der Waals surface area contributed by atoms with E-state index >= 15 is 0 Å². The van der Waals surface area contributed by atoms with Crippen LogP contribution >= 0.6 is 0 Å². The lowest BCUT2D eigenvalue weighted by atomic mass is 9.77. The maximum Gasteiger partial charge on any atom is 0.220 e. The fourth-order valence-corrected chi connectivity index (χ4v) is 2.88. The third kappa shape index (κ3) is 2.69. The summed E-state index contributed by atoms with van der Waals surface area (Å²) in [6, 6.07) is 6.47. The van der Waals surface area contributed by atoms with Gasteiger partial charge in [0.05, 0.1) is 11.9 Å². The van der Waals surface area contributed by atoms with Gasteiger partial charge in [-0.2, -0.15) is 0 Å². The van der Waals surface area contributed by atoms with Crippen molar-refractivity contribution in [3.8, 4) is 0 Å². The second kappa shape index (κ2) is 5.47. The monoisotopic (exact) mass is 286 g/mol. The average molecular weight is 286 g/mol. The molecule has 3 N–H and O–H groups in total. The molecule has 108 valence electrons. The van der Waals surface area contributed by atoms with E-state index in [4.69, 9.17) is 10.9 Å². The van der Waals surface area contributed by atoms with Crippen molar-refractivity contribution in [3.63, 3.8) is 0 Å². The van der Waals surface area contributed by atoms with E-state index in [-0.39, 0.29) is 23.6 Å². The lowest BCUT2D eigenvalue weighted by molar-refractivity contribution is 0.318. The van der Waals surface area contributed by atoms with Crippen LogP contribution in [-0.4, -0.2) is 21.4 Å². The predicted octanol–water partition coefficient (Wildman–Crippen LogP) is 2.47. The van der Waals surface area contributed by atoms with Gasteiger partial charge in [0.2, 0.25) is 5.95 Å². The van der Waals surface area contributed by atoms with Crippen LogP contribution in [0.2, 0.25) is 0 Å². The van der Waals surface area contributed by atoms with Gasteiger partial charge in [0, 0.05) is 17.7 Å². The number of hydrogen-bond donors (Lipinski definition) is 2. The molecule has 2 atom stereocenters. The first-order valence-corrected chi connectivity index (χ1v) is 6.71. The number of anilines is 1. The van der Waals surface area contributed by atoms with Gasteiger partial charge in [0.25, 0.3) is 0 Å². The van der Waals surface area contributed by atoms with Crippen LogP contribution in [0.5, 0.6) is 0 Å². The molecule has 5 nitrogen and oxygen atoms in total. The Balaban J connectivity index is 1.98. The van der Waals surface area contributed by atoms with Crippen molar-refractivity contribution in [2.75, 3.05) is 5.73 Å². The molecule has 21 heavy (non-hydrogen) atoms. The van der Waals surface area contributed by atoms with E-state index in [1.807, 2.05) is 0 Å². The molecule has 1 aliphatic carbocycles. The van der Waals surface area contributed by atoms with Gasteiger partial charge in [-0.05, 0) is 36.5 Å². The van der Waals surface area contributed by atoms with Crippen LogP contribution < -0.4 is 5.73 Å². The molecule has 0 saturated carbocycles. The van der Waals surface area contributed by atoms with Crippen molar-refractivity contribution in [2.24, 2.45) is 5.16 Å². The highest BCUT2D eigenvalue weighted by molar-refractivity contribution is 5.68. The normalized spacial score (nSPS) is 21.4. The third-order valence-corrected chi connectivity index (χ3v) is 3.88. The minimum absolute atomic E-state index is 0.0746. The second-order valence-electron chi connectivity index (χ2n) is 5.19. The fourth-order valence-electron chi connectivity index (χ4n) is 2.88. The van der Waals surface area contributed by atoms with E-state index in [1.165, 1.54) is 18.3 Å². The maximum absolute atomic E-state index is 13.1. The van der Waals surface area contributed by atoms with Crippen LogP contribution in [0.1, 0.15) is 35.1 Å². The molecule has 0 fully saturated rings. The average Bonchev–Trinajstić information content (AvgIpc) is 2.47. The molecule has 6 heteroatoms. The lowest BCUT2D eigenvalue weighted by Gasteiger charge is -2.28. The second-order valence-corrected chi connectivity index (χ2v) is 5.19. The van der Waals surface area contributed by atoms with Crippen molar-refractivity contribution in [3.05, 3.63) is 53.1 Å². The standard InChI is InChI=1S/C15H15FN4O/c16-12-3-1-9(2-4-12)10-5-11(7-19-21)13-8-18-15(17)20-14(13)6-10/h1-4,7-8,10-11,21H,5-6H2,(H2,17,18,20). The van der Waals surface area contributed by atoms with Gasteiger partial charge in [-0.25, -0.2) is 14.4 Å². The lowest BCUT2D eigenvalue weighted by Crippen LogP contribution is -2.21. The van der Waals surface area contributed by atoms with E-state index in [9.17, 15) is 4.39 Å². The van der Waals surface area contributed by atoms with Crippen LogP contribution in [-0.2, 0) is 6.42 Å². The highest BCUT2D eigenvalue weighted by Gasteiger charge is 2.28. The summed E-state index contributed by atoms with van der Waals surface area (Å²) in [5, 5.41) is 12.0. The Bertz CT molecular complexity index is 672. The largest absolute Gasteiger partial charge is 0.411 e. The Morgan fingerprint density at radius 2 is 2.10 bits per heavy atom. The molecule has 0 amide bonds. The number of hydrogen-bond acceptors (Lipinski definition) is 5. The molecule has 1 aromatic carbocycles. The molecule has 0 bridgehead atoms. The Morgan fingerprint density at radius 1 is 1.33 bits per heavy atom. The van der Waals surface area contributed by atoms with Crippen molar-refractivity contribution in [1.82, 2.24) is 9.97 Å². The molecule has 2 aromatic rings. The summed E-state index contributed by atoms with van der Waals surface area (Å²) >= 11 is 0. The van der Waals surface area contributed by atoms with Crippen molar-refractivity contribution >= 4 is 12.2 Å². The third-order valence-electron chi connectivity index (χ3n) is 3.88. The first kappa shape index (κ1) is 13.5. The molecular formula is C15H15FN4O. The van der Waals surface area contributed by atoms with Crippen LogP contribution in [0.15, 0.2) is 35.6 Å². The molecule has 0 aliphatic heterocycles. The topological polar surface area (TPSA) is 84.4 Å². The number of halogens is 1. The first-order chi connectivity index (χ1) is 10.2.